The zero-order chi connectivity index (χ0) is 22.3. The zero-order valence-corrected chi connectivity index (χ0v) is 15.8. The first-order valence-corrected chi connectivity index (χ1v) is 8.67. The van der Waals surface area contributed by atoms with Gasteiger partial charge in [0, 0.05) is 30.5 Å². The number of non-ortho nitro benzene ring substituents is 1. The van der Waals surface area contributed by atoms with Crippen molar-refractivity contribution in [1.82, 2.24) is 5.43 Å². The van der Waals surface area contributed by atoms with Gasteiger partial charge in [-0.25, -0.2) is 5.43 Å². The number of amides is 2. The maximum Gasteiger partial charge on any atom is 0.416 e. The van der Waals surface area contributed by atoms with Gasteiger partial charge in [-0.15, -0.1) is 0 Å². The number of nitrogens with zero attached hydrogens (tertiary/aromatic N) is 2. The highest BCUT2D eigenvalue weighted by atomic mass is 35.5. The van der Waals surface area contributed by atoms with Crippen molar-refractivity contribution in [1.29, 1.82) is 0 Å². The topological polar surface area (TPSA) is 114 Å². The molecule has 0 heterocycles. The Morgan fingerprint density at radius 2 is 1.83 bits per heavy atom. The normalized spacial score (nSPS) is 11.3. The van der Waals surface area contributed by atoms with Gasteiger partial charge in [-0.2, -0.15) is 18.3 Å². The Balaban J connectivity index is 1.86. The third-order valence-corrected chi connectivity index (χ3v) is 3.96. The van der Waals surface area contributed by atoms with Crippen LogP contribution in [-0.2, 0) is 15.8 Å². The minimum Gasteiger partial charge on any atom is -0.325 e. The summed E-state index contributed by atoms with van der Waals surface area (Å²) in [5.41, 5.74) is 1.18. The van der Waals surface area contributed by atoms with Crippen LogP contribution in [0, 0.1) is 10.1 Å². The zero-order valence-electron chi connectivity index (χ0n) is 15.1. The number of nitrogens with one attached hydrogen (secondary N) is 2. The molecule has 0 radical (unpaired) electrons. The molecule has 0 saturated heterocycles. The molecule has 2 N–H and O–H groups in total. The number of alkyl halides is 3. The Kier molecular flexibility index (Phi) is 7.48. The molecular formula is C18H14ClF3N4O4. The van der Waals surface area contributed by atoms with Gasteiger partial charge in [0.15, 0.2) is 0 Å². The molecule has 12 heteroatoms. The molecule has 0 saturated carbocycles. The minimum absolute atomic E-state index is 0.0812. The molecule has 0 fully saturated rings. The number of benzene rings is 2. The number of nitro groups is 1. The number of carbonyl (C=O) groups is 2. The molecule has 0 aliphatic carbocycles. The van der Waals surface area contributed by atoms with E-state index in [1.165, 1.54) is 30.5 Å². The highest BCUT2D eigenvalue weighted by Crippen LogP contribution is 2.33. The predicted octanol–water partition coefficient (Wildman–Crippen LogP) is 4.14. The molecule has 2 amide bonds. The van der Waals surface area contributed by atoms with E-state index < -0.39 is 28.5 Å². The van der Waals surface area contributed by atoms with E-state index in [9.17, 15) is 32.9 Å². The molecule has 158 valence electrons. The fourth-order valence-electron chi connectivity index (χ4n) is 2.19. The second-order valence-corrected chi connectivity index (χ2v) is 6.29. The summed E-state index contributed by atoms with van der Waals surface area (Å²) in [5.74, 6) is -1.35. The highest BCUT2D eigenvalue weighted by Gasteiger charge is 2.31. The molecule has 2 aromatic carbocycles. The van der Waals surface area contributed by atoms with Crippen LogP contribution in [0.1, 0.15) is 24.0 Å². The first-order chi connectivity index (χ1) is 14.1. The van der Waals surface area contributed by atoms with Crippen LogP contribution in [0.15, 0.2) is 47.6 Å². The molecular weight excluding hydrogens is 429 g/mol. The SMILES string of the molecule is O=C(CCC(=O)Nc1cc(C(F)(F)F)ccc1Cl)N/N=C\c1cccc([N+](=O)[O-])c1. The van der Waals surface area contributed by atoms with Crippen LogP contribution >= 0.6 is 11.6 Å². The lowest BCUT2D eigenvalue weighted by molar-refractivity contribution is -0.384. The van der Waals surface area contributed by atoms with Crippen molar-refractivity contribution >= 4 is 41.0 Å². The molecule has 0 aliphatic heterocycles. The summed E-state index contributed by atoms with van der Waals surface area (Å²) < 4.78 is 38.2. The number of anilines is 1. The molecule has 2 rings (SSSR count). The van der Waals surface area contributed by atoms with Crippen LogP contribution in [0.25, 0.3) is 0 Å². The summed E-state index contributed by atoms with van der Waals surface area (Å²) in [5, 5.41) is 16.5. The van der Waals surface area contributed by atoms with E-state index in [2.05, 4.69) is 15.8 Å². The third-order valence-electron chi connectivity index (χ3n) is 3.63. The monoisotopic (exact) mass is 442 g/mol. The maximum atomic E-state index is 12.7. The van der Waals surface area contributed by atoms with E-state index in [-0.39, 0.29) is 29.2 Å². The van der Waals surface area contributed by atoms with Crippen molar-refractivity contribution in [3.05, 3.63) is 68.7 Å². The van der Waals surface area contributed by atoms with Gasteiger partial charge in [-0.05, 0) is 18.2 Å². The third kappa shape index (κ3) is 6.85. The Morgan fingerprint density at radius 1 is 1.13 bits per heavy atom. The van der Waals surface area contributed by atoms with E-state index >= 15 is 0 Å². The Bertz CT molecular complexity index is 996. The number of nitro benzene ring substituents is 1. The van der Waals surface area contributed by atoms with Gasteiger partial charge in [-0.1, -0.05) is 23.7 Å². The minimum atomic E-state index is -4.60. The molecule has 30 heavy (non-hydrogen) atoms. The lowest BCUT2D eigenvalue weighted by Gasteiger charge is -2.11. The molecule has 0 aromatic heterocycles. The van der Waals surface area contributed by atoms with Crippen LogP contribution in [0.3, 0.4) is 0 Å². The summed E-state index contributed by atoms with van der Waals surface area (Å²) in [7, 11) is 0. The van der Waals surface area contributed by atoms with Crippen molar-refractivity contribution in [3.63, 3.8) is 0 Å². The molecule has 0 bridgehead atoms. The molecule has 0 aliphatic rings. The van der Waals surface area contributed by atoms with E-state index in [0.717, 1.165) is 12.1 Å². The Hall–Kier alpha value is -3.47. The number of carbonyl (C=O) groups excluding carboxylic acids is 2. The van der Waals surface area contributed by atoms with Gasteiger partial charge in [0.05, 0.1) is 27.4 Å². The molecule has 2 aromatic rings. The van der Waals surface area contributed by atoms with Crippen LogP contribution in [0.4, 0.5) is 24.5 Å². The highest BCUT2D eigenvalue weighted by molar-refractivity contribution is 6.33. The first kappa shape index (κ1) is 22.8. The van der Waals surface area contributed by atoms with Gasteiger partial charge >= 0.3 is 6.18 Å². The first-order valence-electron chi connectivity index (χ1n) is 8.29. The van der Waals surface area contributed by atoms with Gasteiger partial charge in [0.2, 0.25) is 11.8 Å². The summed E-state index contributed by atoms with van der Waals surface area (Å²) >= 11 is 5.79. The van der Waals surface area contributed by atoms with Crippen molar-refractivity contribution in [2.75, 3.05) is 5.32 Å². The van der Waals surface area contributed by atoms with Gasteiger partial charge in [-0.3, -0.25) is 19.7 Å². The second-order valence-electron chi connectivity index (χ2n) is 5.89. The molecule has 0 unspecified atom stereocenters. The maximum absolute atomic E-state index is 12.7. The number of hydrazone groups is 1. The van der Waals surface area contributed by atoms with E-state index in [1.54, 1.807) is 0 Å². The van der Waals surface area contributed by atoms with Gasteiger partial charge in [0.1, 0.15) is 0 Å². The fourth-order valence-corrected chi connectivity index (χ4v) is 2.36. The largest absolute Gasteiger partial charge is 0.416 e. The lowest BCUT2D eigenvalue weighted by Crippen LogP contribution is -2.21. The van der Waals surface area contributed by atoms with E-state index in [1.807, 2.05) is 0 Å². The standard InChI is InChI=1S/C18H14ClF3N4O4/c19-14-5-4-12(18(20,21)22)9-15(14)24-16(27)6-7-17(28)25-23-10-11-2-1-3-13(8-11)26(29)30/h1-5,8-10H,6-7H2,(H,24,27)(H,25,28)/b23-10-. The summed E-state index contributed by atoms with van der Waals surface area (Å²) in [6.07, 6.45) is -4.03. The van der Waals surface area contributed by atoms with Crippen molar-refractivity contribution in [2.45, 2.75) is 19.0 Å². The van der Waals surface area contributed by atoms with Crippen molar-refractivity contribution < 1.29 is 27.7 Å². The lowest BCUT2D eigenvalue weighted by atomic mass is 10.2. The predicted molar refractivity (Wildman–Crippen MR) is 103 cm³/mol. The van der Waals surface area contributed by atoms with Crippen molar-refractivity contribution in [3.8, 4) is 0 Å². The van der Waals surface area contributed by atoms with Crippen LogP contribution < -0.4 is 10.7 Å². The number of hydrogen-bond donors (Lipinski definition) is 2. The smallest absolute Gasteiger partial charge is 0.325 e. The number of halogens is 4. The van der Waals surface area contributed by atoms with Gasteiger partial charge in [0.25, 0.3) is 5.69 Å². The van der Waals surface area contributed by atoms with E-state index in [0.29, 0.717) is 11.6 Å². The van der Waals surface area contributed by atoms with Crippen molar-refractivity contribution in [2.24, 2.45) is 5.10 Å². The summed E-state index contributed by atoms with van der Waals surface area (Å²) in [6.45, 7) is 0. The fraction of sp³-hybridized carbons (Fsp3) is 0.167. The Labute approximate surface area is 172 Å². The molecule has 0 spiro atoms. The second kappa shape index (κ2) is 9.83. The Morgan fingerprint density at radius 3 is 2.50 bits per heavy atom. The van der Waals surface area contributed by atoms with Crippen LogP contribution in [-0.4, -0.2) is 23.0 Å². The average molecular weight is 443 g/mol. The average Bonchev–Trinajstić information content (AvgIpc) is 2.67. The van der Waals surface area contributed by atoms with Gasteiger partial charge < -0.3 is 5.32 Å². The quantitative estimate of drug-likeness (QED) is 0.381. The number of hydrogen-bond acceptors (Lipinski definition) is 5. The molecule has 0 atom stereocenters. The number of rotatable bonds is 7. The summed E-state index contributed by atoms with van der Waals surface area (Å²) in [6, 6.07) is 8.02. The summed E-state index contributed by atoms with van der Waals surface area (Å²) in [4.78, 5) is 33.7. The van der Waals surface area contributed by atoms with Crippen LogP contribution in [0.5, 0.6) is 0 Å². The van der Waals surface area contributed by atoms with E-state index in [4.69, 9.17) is 11.6 Å². The molecule has 8 nitrogen and oxygen atoms in total. The van der Waals surface area contributed by atoms with Crippen LogP contribution in [0.2, 0.25) is 5.02 Å².